The lowest BCUT2D eigenvalue weighted by Crippen LogP contribution is -2.28. The van der Waals surface area contributed by atoms with Gasteiger partial charge in [-0.3, -0.25) is 14.6 Å². The Kier molecular flexibility index (Phi) is 7.69. The molecule has 0 aromatic heterocycles. The molecule has 1 atom stereocenters. The third-order valence-electron chi connectivity index (χ3n) is 4.26. The second-order valence-electron chi connectivity index (χ2n) is 6.64. The highest BCUT2D eigenvalue weighted by Crippen LogP contribution is 2.23. The fourth-order valence-corrected chi connectivity index (χ4v) is 3.78. The first-order chi connectivity index (χ1) is 14.1. The van der Waals surface area contributed by atoms with Crippen LogP contribution in [0.2, 0.25) is 0 Å². The molecule has 1 aliphatic rings. The number of hydrogen-bond donors (Lipinski definition) is 2. The van der Waals surface area contributed by atoms with Crippen LogP contribution in [0, 0.1) is 0 Å². The SMILES string of the molecule is CCCOc1ccc(NC(=O)C[C@H]2SC(=NCCc3ccccc3)NC2=O)cc1. The van der Waals surface area contributed by atoms with E-state index in [1.807, 2.05) is 37.3 Å². The molecule has 2 amide bonds. The van der Waals surface area contributed by atoms with E-state index in [-0.39, 0.29) is 18.2 Å². The van der Waals surface area contributed by atoms with Crippen molar-refractivity contribution in [3.8, 4) is 5.75 Å². The highest BCUT2D eigenvalue weighted by atomic mass is 32.2. The van der Waals surface area contributed by atoms with Gasteiger partial charge in [0.15, 0.2) is 5.17 Å². The lowest BCUT2D eigenvalue weighted by Gasteiger charge is -2.09. The van der Waals surface area contributed by atoms with Crippen molar-refractivity contribution in [2.75, 3.05) is 18.5 Å². The molecule has 1 fully saturated rings. The minimum Gasteiger partial charge on any atom is -0.494 e. The molecule has 29 heavy (non-hydrogen) atoms. The lowest BCUT2D eigenvalue weighted by molar-refractivity contribution is -0.122. The average molecular weight is 412 g/mol. The fourth-order valence-electron chi connectivity index (χ4n) is 2.78. The first-order valence-corrected chi connectivity index (χ1v) is 10.6. The number of amidine groups is 1. The quantitative estimate of drug-likeness (QED) is 0.660. The summed E-state index contributed by atoms with van der Waals surface area (Å²) in [6.45, 7) is 3.30. The molecule has 2 N–H and O–H groups in total. The maximum Gasteiger partial charge on any atom is 0.240 e. The molecule has 0 unspecified atom stereocenters. The van der Waals surface area contributed by atoms with E-state index in [4.69, 9.17) is 4.74 Å². The number of carbonyl (C=O) groups is 2. The zero-order chi connectivity index (χ0) is 20.5. The number of nitrogens with one attached hydrogen (secondary N) is 2. The smallest absolute Gasteiger partial charge is 0.240 e. The number of anilines is 1. The maximum atomic E-state index is 12.3. The van der Waals surface area contributed by atoms with Crippen molar-refractivity contribution >= 4 is 34.4 Å². The van der Waals surface area contributed by atoms with Crippen molar-refractivity contribution in [1.82, 2.24) is 5.32 Å². The Hall–Kier alpha value is -2.80. The summed E-state index contributed by atoms with van der Waals surface area (Å²) in [5, 5.41) is 5.71. The zero-order valence-electron chi connectivity index (χ0n) is 16.4. The number of rotatable bonds is 9. The molecular weight excluding hydrogens is 386 g/mol. The summed E-state index contributed by atoms with van der Waals surface area (Å²) < 4.78 is 5.53. The molecule has 6 nitrogen and oxygen atoms in total. The van der Waals surface area contributed by atoms with Crippen LogP contribution in [0.15, 0.2) is 59.6 Å². The molecule has 2 aromatic carbocycles. The van der Waals surface area contributed by atoms with Crippen LogP contribution in [0.3, 0.4) is 0 Å². The van der Waals surface area contributed by atoms with Crippen LogP contribution in [-0.2, 0) is 16.0 Å². The lowest BCUT2D eigenvalue weighted by atomic mass is 10.2. The summed E-state index contributed by atoms with van der Waals surface area (Å²) >= 11 is 1.31. The molecule has 0 saturated carbocycles. The van der Waals surface area contributed by atoms with E-state index in [1.54, 1.807) is 12.1 Å². The number of hydrogen-bond acceptors (Lipinski definition) is 5. The second kappa shape index (κ2) is 10.7. The van der Waals surface area contributed by atoms with Gasteiger partial charge in [0.2, 0.25) is 11.8 Å². The Morgan fingerprint density at radius 2 is 1.93 bits per heavy atom. The highest BCUT2D eigenvalue weighted by Gasteiger charge is 2.31. The van der Waals surface area contributed by atoms with Crippen molar-refractivity contribution in [3.05, 3.63) is 60.2 Å². The molecule has 1 aliphatic heterocycles. The van der Waals surface area contributed by atoms with Crippen molar-refractivity contribution in [1.29, 1.82) is 0 Å². The standard InChI is InChI=1S/C22H25N3O3S/c1-2-14-28-18-10-8-17(9-11-18)24-20(26)15-19-21(27)25-22(29-19)23-13-12-16-6-4-3-5-7-16/h3-11,19H,2,12-15H2,1H3,(H,24,26)(H,23,25,27)/t19-/m1/s1. The molecule has 2 aromatic rings. The van der Waals surface area contributed by atoms with Crippen molar-refractivity contribution in [3.63, 3.8) is 0 Å². The summed E-state index contributed by atoms with van der Waals surface area (Å²) in [4.78, 5) is 28.9. The van der Waals surface area contributed by atoms with Gasteiger partial charge in [-0.15, -0.1) is 0 Å². The van der Waals surface area contributed by atoms with Gasteiger partial charge in [-0.25, -0.2) is 0 Å². The fraction of sp³-hybridized carbons (Fsp3) is 0.318. The van der Waals surface area contributed by atoms with Gasteiger partial charge in [-0.05, 0) is 42.7 Å². The van der Waals surface area contributed by atoms with Crippen molar-refractivity contribution in [2.45, 2.75) is 31.4 Å². The van der Waals surface area contributed by atoms with Crippen molar-refractivity contribution in [2.24, 2.45) is 4.99 Å². The minimum atomic E-state index is -0.461. The first kappa shape index (κ1) is 20.9. The second-order valence-corrected chi connectivity index (χ2v) is 7.83. The van der Waals surface area contributed by atoms with Crippen LogP contribution in [0.25, 0.3) is 0 Å². The Balaban J connectivity index is 1.45. The van der Waals surface area contributed by atoms with Crippen molar-refractivity contribution < 1.29 is 14.3 Å². The predicted octanol–water partition coefficient (Wildman–Crippen LogP) is 3.63. The van der Waals surface area contributed by atoms with Crippen LogP contribution < -0.4 is 15.4 Å². The highest BCUT2D eigenvalue weighted by molar-refractivity contribution is 8.15. The summed E-state index contributed by atoms with van der Waals surface area (Å²) in [7, 11) is 0. The molecule has 0 aliphatic carbocycles. The Bertz CT molecular complexity index is 853. The van der Waals surface area contributed by atoms with E-state index in [9.17, 15) is 9.59 Å². The molecule has 7 heteroatoms. The van der Waals surface area contributed by atoms with Gasteiger partial charge < -0.3 is 15.4 Å². The molecule has 3 rings (SSSR count). The predicted molar refractivity (Wildman–Crippen MR) is 117 cm³/mol. The average Bonchev–Trinajstić information content (AvgIpc) is 3.07. The van der Waals surface area contributed by atoms with E-state index >= 15 is 0 Å². The normalized spacial score (nSPS) is 17.2. The third-order valence-corrected chi connectivity index (χ3v) is 5.38. The molecule has 0 spiro atoms. The van der Waals surface area contributed by atoms with Crippen LogP contribution >= 0.6 is 11.8 Å². The number of thioether (sulfide) groups is 1. The van der Waals surface area contributed by atoms with E-state index < -0.39 is 5.25 Å². The summed E-state index contributed by atoms with van der Waals surface area (Å²) in [5.74, 6) is 0.393. The van der Waals surface area contributed by atoms with E-state index in [0.717, 1.165) is 18.6 Å². The Morgan fingerprint density at radius 1 is 1.17 bits per heavy atom. The largest absolute Gasteiger partial charge is 0.494 e. The minimum absolute atomic E-state index is 0.0995. The first-order valence-electron chi connectivity index (χ1n) is 9.72. The topological polar surface area (TPSA) is 79.8 Å². The Morgan fingerprint density at radius 3 is 2.66 bits per heavy atom. The maximum absolute atomic E-state index is 12.3. The van der Waals surface area contributed by atoms with Gasteiger partial charge in [-0.2, -0.15) is 0 Å². The van der Waals surface area contributed by atoms with Gasteiger partial charge in [-0.1, -0.05) is 49.0 Å². The van der Waals surface area contributed by atoms with Gasteiger partial charge in [0.25, 0.3) is 0 Å². The third kappa shape index (κ3) is 6.64. The van der Waals surface area contributed by atoms with Gasteiger partial charge in [0.1, 0.15) is 11.0 Å². The zero-order valence-corrected chi connectivity index (χ0v) is 17.2. The molecular formula is C22H25N3O3S. The molecule has 0 bridgehead atoms. The number of ether oxygens (including phenoxy) is 1. The van der Waals surface area contributed by atoms with E-state index in [1.165, 1.54) is 17.3 Å². The van der Waals surface area contributed by atoms with Gasteiger partial charge >= 0.3 is 0 Å². The molecule has 1 saturated heterocycles. The number of benzene rings is 2. The van der Waals surface area contributed by atoms with Gasteiger partial charge in [0.05, 0.1) is 6.61 Å². The summed E-state index contributed by atoms with van der Waals surface area (Å²) in [5.41, 5.74) is 1.88. The summed E-state index contributed by atoms with van der Waals surface area (Å²) in [6, 6.07) is 17.3. The van der Waals surface area contributed by atoms with E-state index in [0.29, 0.717) is 24.0 Å². The van der Waals surface area contributed by atoms with E-state index in [2.05, 4.69) is 27.8 Å². The van der Waals surface area contributed by atoms with Crippen LogP contribution in [0.5, 0.6) is 5.75 Å². The summed E-state index contributed by atoms with van der Waals surface area (Å²) in [6.07, 6.45) is 1.85. The number of amides is 2. The van der Waals surface area contributed by atoms with Crippen LogP contribution in [0.1, 0.15) is 25.3 Å². The Labute approximate surface area is 175 Å². The van der Waals surface area contributed by atoms with Gasteiger partial charge in [0, 0.05) is 18.7 Å². The number of aliphatic imine (C=N–C) groups is 1. The van der Waals surface area contributed by atoms with Crippen LogP contribution in [0.4, 0.5) is 5.69 Å². The van der Waals surface area contributed by atoms with Crippen LogP contribution in [-0.4, -0.2) is 35.4 Å². The molecule has 0 radical (unpaired) electrons. The number of nitrogens with zero attached hydrogens (tertiary/aromatic N) is 1. The molecule has 1 heterocycles. The monoisotopic (exact) mass is 411 g/mol. The number of carbonyl (C=O) groups excluding carboxylic acids is 2. The molecule has 152 valence electrons.